The summed E-state index contributed by atoms with van der Waals surface area (Å²) in [5, 5.41) is 0. The van der Waals surface area contributed by atoms with E-state index in [-0.39, 0.29) is 5.41 Å². The van der Waals surface area contributed by atoms with Crippen LogP contribution in [-0.4, -0.2) is 19.9 Å². The first-order valence-corrected chi connectivity index (χ1v) is 5.60. The molecule has 17 heavy (non-hydrogen) atoms. The minimum atomic E-state index is -0.00342. The number of nitrogens with zero attached hydrogens (tertiary/aromatic N) is 4. The van der Waals surface area contributed by atoms with Crippen LogP contribution in [0.2, 0.25) is 0 Å². The molecule has 2 rings (SSSR count). The molecule has 0 aromatic carbocycles. The van der Waals surface area contributed by atoms with Crippen molar-refractivity contribution in [3.05, 3.63) is 35.9 Å². The average Bonchev–Trinajstić information content (AvgIpc) is 2.29. The molecule has 0 amide bonds. The molecule has 0 bridgehead atoms. The fourth-order valence-electron chi connectivity index (χ4n) is 1.72. The van der Waals surface area contributed by atoms with Crippen LogP contribution in [0, 0.1) is 6.92 Å². The van der Waals surface area contributed by atoms with Crippen molar-refractivity contribution in [2.45, 2.75) is 33.1 Å². The number of hydrogen-bond donors (Lipinski definition) is 0. The monoisotopic (exact) mass is 228 g/mol. The van der Waals surface area contributed by atoms with Gasteiger partial charge in [-0.15, -0.1) is 0 Å². The van der Waals surface area contributed by atoms with Crippen LogP contribution in [0.5, 0.6) is 0 Å². The molecular weight excluding hydrogens is 212 g/mol. The van der Waals surface area contributed by atoms with Crippen molar-refractivity contribution in [3.63, 3.8) is 0 Å². The summed E-state index contributed by atoms with van der Waals surface area (Å²) in [6.45, 7) is 8.43. The fraction of sp³-hybridized carbons (Fsp3) is 0.385. The molecule has 0 fully saturated rings. The highest BCUT2D eigenvalue weighted by Gasteiger charge is 2.19. The van der Waals surface area contributed by atoms with Crippen molar-refractivity contribution in [3.8, 4) is 11.6 Å². The van der Waals surface area contributed by atoms with Crippen molar-refractivity contribution in [2.24, 2.45) is 0 Å². The standard InChI is InChI=1S/C13H16N4/c1-9-8-16-12(11-14-6-5-7-15-11)17-10(9)13(2,3)4/h5-8H,1-4H3. The Kier molecular flexibility index (Phi) is 2.88. The van der Waals surface area contributed by atoms with E-state index in [1.165, 1.54) is 0 Å². The van der Waals surface area contributed by atoms with Crippen LogP contribution in [0.4, 0.5) is 0 Å². The predicted molar refractivity (Wildman–Crippen MR) is 66.5 cm³/mol. The van der Waals surface area contributed by atoms with Gasteiger partial charge >= 0.3 is 0 Å². The van der Waals surface area contributed by atoms with Gasteiger partial charge in [-0.05, 0) is 18.6 Å². The lowest BCUT2D eigenvalue weighted by molar-refractivity contribution is 0.562. The summed E-state index contributed by atoms with van der Waals surface area (Å²) in [7, 11) is 0. The van der Waals surface area contributed by atoms with Crippen LogP contribution in [0.25, 0.3) is 11.6 Å². The molecule has 0 aliphatic carbocycles. The van der Waals surface area contributed by atoms with Crippen LogP contribution in [-0.2, 0) is 5.41 Å². The van der Waals surface area contributed by atoms with Gasteiger partial charge in [0, 0.05) is 24.0 Å². The fourth-order valence-corrected chi connectivity index (χ4v) is 1.72. The molecule has 0 spiro atoms. The highest BCUT2D eigenvalue weighted by atomic mass is 15.0. The minimum absolute atomic E-state index is 0.00342. The van der Waals surface area contributed by atoms with E-state index in [0.29, 0.717) is 11.6 Å². The maximum Gasteiger partial charge on any atom is 0.197 e. The first-order chi connectivity index (χ1) is 7.98. The lowest BCUT2D eigenvalue weighted by Crippen LogP contribution is -2.16. The summed E-state index contributed by atoms with van der Waals surface area (Å²) < 4.78 is 0. The van der Waals surface area contributed by atoms with Crippen LogP contribution in [0.15, 0.2) is 24.7 Å². The molecule has 2 aromatic heterocycles. The smallest absolute Gasteiger partial charge is 0.197 e. The molecule has 0 saturated carbocycles. The topological polar surface area (TPSA) is 51.6 Å². The van der Waals surface area contributed by atoms with E-state index in [4.69, 9.17) is 0 Å². The zero-order chi connectivity index (χ0) is 12.5. The number of aryl methyl sites for hydroxylation is 1. The van der Waals surface area contributed by atoms with Crippen molar-refractivity contribution in [1.82, 2.24) is 19.9 Å². The molecular formula is C13H16N4. The second-order valence-electron chi connectivity index (χ2n) is 5.05. The van der Waals surface area contributed by atoms with Crippen molar-refractivity contribution in [1.29, 1.82) is 0 Å². The average molecular weight is 228 g/mol. The zero-order valence-corrected chi connectivity index (χ0v) is 10.6. The normalized spacial score (nSPS) is 11.5. The Bertz CT molecular complexity index is 515. The molecule has 2 aromatic rings. The molecule has 0 atom stereocenters. The first-order valence-electron chi connectivity index (χ1n) is 5.60. The van der Waals surface area contributed by atoms with E-state index >= 15 is 0 Å². The van der Waals surface area contributed by atoms with Crippen LogP contribution in [0.3, 0.4) is 0 Å². The number of aromatic nitrogens is 4. The summed E-state index contributed by atoms with van der Waals surface area (Å²) in [6.07, 6.45) is 5.23. The van der Waals surface area contributed by atoms with Crippen LogP contribution in [0.1, 0.15) is 32.0 Å². The van der Waals surface area contributed by atoms with E-state index in [0.717, 1.165) is 11.3 Å². The summed E-state index contributed by atoms with van der Waals surface area (Å²) in [5.41, 5.74) is 2.13. The molecule has 0 saturated heterocycles. The highest BCUT2D eigenvalue weighted by molar-refractivity contribution is 5.43. The number of hydrogen-bond acceptors (Lipinski definition) is 4. The van der Waals surface area contributed by atoms with Crippen molar-refractivity contribution in [2.75, 3.05) is 0 Å². The van der Waals surface area contributed by atoms with E-state index in [1.807, 2.05) is 13.1 Å². The maximum absolute atomic E-state index is 4.58. The zero-order valence-electron chi connectivity index (χ0n) is 10.6. The van der Waals surface area contributed by atoms with Gasteiger partial charge in [0.2, 0.25) is 0 Å². The van der Waals surface area contributed by atoms with E-state index in [9.17, 15) is 0 Å². The lowest BCUT2D eigenvalue weighted by Gasteiger charge is -2.20. The van der Waals surface area contributed by atoms with Gasteiger partial charge in [0.25, 0.3) is 0 Å². The molecule has 88 valence electrons. The molecule has 4 heteroatoms. The Balaban J connectivity index is 2.53. The Morgan fingerprint density at radius 2 is 1.59 bits per heavy atom. The van der Waals surface area contributed by atoms with Crippen LogP contribution < -0.4 is 0 Å². The van der Waals surface area contributed by atoms with Crippen LogP contribution >= 0.6 is 0 Å². The maximum atomic E-state index is 4.58. The minimum Gasteiger partial charge on any atom is -0.234 e. The van der Waals surface area contributed by atoms with E-state index < -0.39 is 0 Å². The molecule has 0 unspecified atom stereocenters. The third kappa shape index (κ3) is 2.46. The van der Waals surface area contributed by atoms with Gasteiger partial charge in [-0.3, -0.25) is 0 Å². The second-order valence-corrected chi connectivity index (χ2v) is 5.05. The van der Waals surface area contributed by atoms with E-state index in [1.54, 1.807) is 18.5 Å². The molecule has 2 heterocycles. The second kappa shape index (κ2) is 4.20. The summed E-state index contributed by atoms with van der Waals surface area (Å²) in [6, 6.07) is 1.78. The summed E-state index contributed by atoms with van der Waals surface area (Å²) >= 11 is 0. The van der Waals surface area contributed by atoms with Crippen molar-refractivity contribution >= 4 is 0 Å². The van der Waals surface area contributed by atoms with Gasteiger partial charge in [0.05, 0.1) is 5.69 Å². The van der Waals surface area contributed by atoms with Gasteiger partial charge < -0.3 is 0 Å². The first kappa shape index (κ1) is 11.6. The number of rotatable bonds is 1. The highest BCUT2D eigenvalue weighted by Crippen LogP contribution is 2.24. The summed E-state index contributed by atoms with van der Waals surface area (Å²) in [5.74, 6) is 1.15. The lowest BCUT2D eigenvalue weighted by atomic mass is 9.89. The Morgan fingerprint density at radius 3 is 2.18 bits per heavy atom. The molecule has 4 nitrogen and oxygen atoms in total. The quantitative estimate of drug-likeness (QED) is 0.752. The van der Waals surface area contributed by atoms with E-state index in [2.05, 4.69) is 40.7 Å². The molecule has 0 radical (unpaired) electrons. The SMILES string of the molecule is Cc1cnc(-c2ncccn2)nc1C(C)(C)C. The Hall–Kier alpha value is -1.84. The third-order valence-electron chi connectivity index (χ3n) is 2.45. The Labute approximate surface area is 101 Å². The van der Waals surface area contributed by atoms with Gasteiger partial charge in [-0.2, -0.15) is 0 Å². The van der Waals surface area contributed by atoms with Gasteiger partial charge in [-0.1, -0.05) is 20.8 Å². The van der Waals surface area contributed by atoms with Gasteiger partial charge in [0.1, 0.15) is 0 Å². The van der Waals surface area contributed by atoms with Crippen molar-refractivity contribution < 1.29 is 0 Å². The molecule has 0 N–H and O–H groups in total. The molecule has 0 aliphatic heterocycles. The van der Waals surface area contributed by atoms with Gasteiger partial charge in [-0.25, -0.2) is 19.9 Å². The Morgan fingerprint density at radius 1 is 0.941 bits per heavy atom. The van der Waals surface area contributed by atoms with Gasteiger partial charge in [0.15, 0.2) is 11.6 Å². The third-order valence-corrected chi connectivity index (χ3v) is 2.45. The summed E-state index contributed by atoms with van der Waals surface area (Å²) in [4.78, 5) is 17.2. The molecule has 0 aliphatic rings. The largest absolute Gasteiger partial charge is 0.234 e. The predicted octanol–water partition coefficient (Wildman–Crippen LogP) is 2.54.